The first-order chi connectivity index (χ1) is 15.2. The number of nitrogens with one attached hydrogen (secondary N) is 1. The second-order valence-corrected chi connectivity index (χ2v) is 8.12. The van der Waals surface area contributed by atoms with E-state index in [0.717, 1.165) is 28.2 Å². The standard InChI is InChI=1S/C24H23N5OS/c1-3-29-22(19-13-15-25-16-14-19)27-28-24(29)31-21(18-7-5-4-6-8-18)23(30)26-20-11-9-17(2)10-12-20/h4-16,21H,3H2,1-2H3,(H,26,30). The van der Waals surface area contributed by atoms with Gasteiger partial charge in [-0.15, -0.1) is 10.2 Å². The summed E-state index contributed by atoms with van der Waals surface area (Å²) in [5, 5.41) is 12.1. The largest absolute Gasteiger partial charge is 0.325 e. The molecule has 0 radical (unpaired) electrons. The molecule has 7 heteroatoms. The number of thioether (sulfide) groups is 1. The summed E-state index contributed by atoms with van der Waals surface area (Å²) in [7, 11) is 0. The van der Waals surface area contributed by atoms with Gasteiger partial charge in [0.2, 0.25) is 5.91 Å². The van der Waals surface area contributed by atoms with Crippen molar-refractivity contribution in [1.82, 2.24) is 19.7 Å². The van der Waals surface area contributed by atoms with Crippen LogP contribution < -0.4 is 5.32 Å². The highest BCUT2D eigenvalue weighted by Crippen LogP contribution is 2.36. The fourth-order valence-electron chi connectivity index (χ4n) is 3.23. The average molecular weight is 430 g/mol. The lowest BCUT2D eigenvalue weighted by molar-refractivity contribution is -0.115. The monoisotopic (exact) mass is 429 g/mol. The van der Waals surface area contributed by atoms with E-state index in [0.29, 0.717) is 11.7 Å². The Bertz CT molecular complexity index is 1140. The van der Waals surface area contributed by atoms with Crippen LogP contribution in [0.25, 0.3) is 11.4 Å². The molecular weight excluding hydrogens is 406 g/mol. The molecule has 6 nitrogen and oxygen atoms in total. The van der Waals surface area contributed by atoms with E-state index in [1.54, 1.807) is 12.4 Å². The molecule has 0 saturated carbocycles. The Morgan fingerprint density at radius 3 is 2.39 bits per heavy atom. The first-order valence-corrected chi connectivity index (χ1v) is 11.0. The van der Waals surface area contributed by atoms with E-state index in [-0.39, 0.29) is 5.91 Å². The van der Waals surface area contributed by atoms with Crippen molar-refractivity contribution in [2.45, 2.75) is 30.8 Å². The van der Waals surface area contributed by atoms with Crippen molar-refractivity contribution in [2.75, 3.05) is 5.32 Å². The van der Waals surface area contributed by atoms with Crippen LogP contribution in [0.5, 0.6) is 0 Å². The lowest BCUT2D eigenvalue weighted by Gasteiger charge is -2.17. The number of amides is 1. The molecule has 0 fully saturated rings. The zero-order chi connectivity index (χ0) is 21.6. The highest BCUT2D eigenvalue weighted by atomic mass is 32.2. The third-order valence-corrected chi connectivity index (χ3v) is 6.09. The van der Waals surface area contributed by atoms with Crippen molar-refractivity contribution in [3.8, 4) is 11.4 Å². The minimum atomic E-state index is -0.470. The van der Waals surface area contributed by atoms with Crippen LogP contribution >= 0.6 is 11.8 Å². The van der Waals surface area contributed by atoms with Gasteiger partial charge < -0.3 is 9.88 Å². The van der Waals surface area contributed by atoms with Crippen molar-refractivity contribution in [2.24, 2.45) is 0 Å². The fourth-order valence-corrected chi connectivity index (χ4v) is 4.33. The Kier molecular flexibility index (Phi) is 6.43. The van der Waals surface area contributed by atoms with Crippen molar-refractivity contribution in [1.29, 1.82) is 0 Å². The number of carbonyl (C=O) groups is 1. The van der Waals surface area contributed by atoms with Gasteiger partial charge in [-0.2, -0.15) is 0 Å². The molecule has 2 heterocycles. The number of nitrogens with zero attached hydrogens (tertiary/aromatic N) is 4. The van der Waals surface area contributed by atoms with Gasteiger partial charge in [0.1, 0.15) is 5.25 Å². The lowest BCUT2D eigenvalue weighted by atomic mass is 10.1. The summed E-state index contributed by atoms with van der Waals surface area (Å²) in [6.45, 7) is 4.75. The summed E-state index contributed by atoms with van der Waals surface area (Å²) in [6.07, 6.45) is 3.47. The molecule has 0 spiro atoms. The first kappa shape index (κ1) is 20.8. The zero-order valence-corrected chi connectivity index (χ0v) is 18.2. The molecule has 0 aliphatic carbocycles. The molecule has 4 rings (SSSR count). The van der Waals surface area contributed by atoms with Gasteiger partial charge in [0.25, 0.3) is 0 Å². The topological polar surface area (TPSA) is 72.7 Å². The van der Waals surface area contributed by atoms with E-state index in [1.165, 1.54) is 11.8 Å². The molecule has 0 bridgehead atoms. The summed E-state index contributed by atoms with van der Waals surface area (Å²) >= 11 is 1.40. The van der Waals surface area contributed by atoms with E-state index >= 15 is 0 Å². The van der Waals surface area contributed by atoms with Gasteiger partial charge in [-0.3, -0.25) is 9.78 Å². The number of rotatable bonds is 7. The highest BCUT2D eigenvalue weighted by Gasteiger charge is 2.26. The van der Waals surface area contributed by atoms with E-state index in [2.05, 4.69) is 20.5 Å². The average Bonchev–Trinajstić information content (AvgIpc) is 3.22. The van der Waals surface area contributed by atoms with E-state index in [9.17, 15) is 4.79 Å². The minimum absolute atomic E-state index is 0.101. The Morgan fingerprint density at radius 1 is 1.00 bits per heavy atom. The van der Waals surface area contributed by atoms with Gasteiger partial charge in [0.15, 0.2) is 11.0 Å². The molecule has 156 valence electrons. The third kappa shape index (κ3) is 4.83. The van der Waals surface area contributed by atoms with Crippen LogP contribution in [0, 0.1) is 6.92 Å². The van der Waals surface area contributed by atoms with E-state index in [4.69, 9.17) is 0 Å². The first-order valence-electron chi connectivity index (χ1n) is 10.1. The van der Waals surface area contributed by atoms with Crippen LogP contribution in [-0.2, 0) is 11.3 Å². The summed E-state index contributed by atoms with van der Waals surface area (Å²) in [5.41, 5.74) is 3.77. The number of carbonyl (C=O) groups excluding carboxylic acids is 1. The molecular formula is C24H23N5OS. The molecule has 0 saturated heterocycles. The van der Waals surface area contributed by atoms with Gasteiger partial charge in [0.05, 0.1) is 0 Å². The summed E-state index contributed by atoms with van der Waals surface area (Å²) in [4.78, 5) is 17.4. The Morgan fingerprint density at radius 2 is 1.71 bits per heavy atom. The Labute approximate surface area is 185 Å². The predicted octanol–water partition coefficient (Wildman–Crippen LogP) is 5.14. The number of pyridine rings is 1. The number of aromatic nitrogens is 4. The van der Waals surface area contributed by atoms with Crippen LogP contribution in [0.15, 0.2) is 84.3 Å². The molecule has 31 heavy (non-hydrogen) atoms. The SMILES string of the molecule is CCn1c(SC(C(=O)Nc2ccc(C)cc2)c2ccccc2)nnc1-c1ccncc1. The van der Waals surface area contributed by atoms with Gasteiger partial charge in [-0.25, -0.2) is 0 Å². The fraction of sp³-hybridized carbons (Fsp3) is 0.167. The maximum atomic E-state index is 13.3. The van der Waals surface area contributed by atoms with Crippen LogP contribution in [0.4, 0.5) is 5.69 Å². The van der Waals surface area contributed by atoms with Crippen LogP contribution in [-0.4, -0.2) is 25.7 Å². The van der Waals surface area contributed by atoms with Crippen LogP contribution in [0.2, 0.25) is 0 Å². The van der Waals surface area contributed by atoms with Crippen LogP contribution in [0.3, 0.4) is 0 Å². The zero-order valence-electron chi connectivity index (χ0n) is 17.4. The van der Waals surface area contributed by atoms with Crippen molar-refractivity contribution in [3.63, 3.8) is 0 Å². The third-order valence-electron chi connectivity index (χ3n) is 4.85. The molecule has 1 atom stereocenters. The summed E-state index contributed by atoms with van der Waals surface area (Å²) in [5.74, 6) is 0.661. The number of anilines is 1. The molecule has 0 aliphatic heterocycles. The second-order valence-electron chi connectivity index (χ2n) is 7.05. The van der Waals surface area contributed by atoms with Gasteiger partial charge >= 0.3 is 0 Å². The van der Waals surface area contributed by atoms with Gasteiger partial charge in [0, 0.05) is 30.2 Å². The predicted molar refractivity (Wildman–Crippen MR) is 124 cm³/mol. The number of hydrogen-bond donors (Lipinski definition) is 1. The Hall–Kier alpha value is -3.45. The van der Waals surface area contributed by atoms with Gasteiger partial charge in [-0.05, 0) is 43.7 Å². The molecule has 2 aromatic carbocycles. The van der Waals surface area contributed by atoms with Gasteiger partial charge in [-0.1, -0.05) is 59.8 Å². The number of hydrogen-bond acceptors (Lipinski definition) is 5. The van der Waals surface area contributed by atoms with Crippen LogP contribution in [0.1, 0.15) is 23.3 Å². The van der Waals surface area contributed by atoms with Crippen molar-refractivity contribution in [3.05, 3.63) is 90.3 Å². The molecule has 1 amide bonds. The molecule has 2 aromatic heterocycles. The van der Waals surface area contributed by atoms with Crippen molar-refractivity contribution >= 4 is 23.4 Å². The smallest absolute Gasteiger partial charge is 0.242 e. The number of aryl methyl sites for hydroxylation is 1. The summed E-state index contributed by atoms with van der Waals surface area (Å²) in [6, 6.07) is 21.3. The molecule has 0 aliphatic rings. The maximum Gasteiger partial charge on any atom is 0.242 e. The van der Waals surface area contributed by atoms with E-state index < -0.39 is 5.25 Å². The number of benzene rings is 2. The molecule has 1 unspecified atom stereocenters. The quantitative estimate of drug-likeness (QED) is 0.412. The Balaban J connectivity index is 1.65. The second kappa shape index (κ2) is 9.57. The molecule has 1 N–H and O–H groups in total. The molecule has 4 aromatic rings. The maximum absolute atomic E-state index is 13.3. The normalized spacial score (nSPS) is 11.8. The van der Waals surface area contributed by atoms with E-state index in [1.807, 2.05) is 85.1 Å². The summed E-state index contributed by atoms with van der Waals surface area (Å²) < 4.78 is 2.02. The highest BCUT2D eigenvalue weighted by molar-refractivity contribution is 8.00. The minimum Gasteiger partial charge on any atom is -0.325 e. The van der Waals surface area contributed by atoms with Crippen molar-refractivity contribution < 1.29 is 4.79 Å². The lowest BCUT2D eigenvalue weighted by Crippen LogP contribution is -2.19.